The Bertz CT molecular complexity index is 545. The highest BCUT2D eigenvalue weighted by Crippen LogP contribution is 2.29. The number of methoxy groups -OCH3 is 2. The average Bonchev–Trinajstić information content (AvgIpc) is 2.45. The number of aliphatic hydroxyl groups excluding tert-OH is 1. The van der Waals surface area contributed by atoms with Crippen molar-refractivity contribution in [2.45, 2.75) is 17.9 Å². The molecule has 0 amide bonds. The lowest BCUT2D eigenvalue weighted by Gasteiger charge is -2.11. The van der Waals surface area contributed by atoms with E-state index in [-0.39, 0.29) is 11.4 Å². The van der Waals surface area contributed by atoms with Gasteiger partial charge in [0, 0.05) is 25.7 Å². The van der Waals surface area contributed by atoms with Gasteiger partial charge in [0.25, 0.3) is 0 Å². The van der Waals surface area contributed by atoms with Crippen molar-refractivity contribution < 1.29 is 23.0 Å². The Hall–Kier alpha value is -1.35. The third-order valence-electron chi connectivity index (χ3n) is 2.70. The highest BCUT2D eigenvalue weighted by molar-refractivity contribution is 7.89. The fourth-order valence-electron chi connectivity index (χ4n) is 1.65. The first-order valence-corrected chi connectivity index (χ1v) is 7.99. The zero-order chi connectivity index (χ0) is 15.9. The molecular weight excluding hydrogens is 296 g/mol. The van der Waals surface area contributed by atoms with Gasteiger partial charge in [-0.2, -0.15) is 0 Å². The molecule has 1 unspecified atom stereocenters. The predicted molar refractivity (Wildman–Crippen MR) is 79.3 cm³/mol. The van der Waals surface area contributed by atoms with Gasteiger partial charge in [-0.25, -0.2) is 13.1 Å². The SMILES string of the molecule is COc1ccc(S(=O)(=O)NCCNCC(C)O)cc1OC. The van der Waals surface area contributed by atoms with Crippen LogP contribution >= 0.6 is 0 Å². The number of ether oxygens (including phenoxy) is 2. The number of hydrogen-bond acceptors (Lipinski definition) is 6. The molecule has 0 aliphatic heterocycles. The summed E-state index contributed by atoms with van der Waals surface area (Å²) in [6.07, 6.45) is -0.465. The molecule has 3 N–H and O–H groups in total. The molecule has 1 atom stereocenters. The van der Waals surface area contributed by atoms with E-state index >= 15 is 0 Å². The van der Waals surface area contributed by atoms with Crippen LogP contribution in [0.4, 0.5) is 0 Å². The van der Waals surface area contributed by atoms with Gasteiger partial charge in [0.1, 0.15) is 0 Å². The normalized spacial score (nSPS) is 13.0. The van der Waals surface area contributed by atoms with Crippen LogP contribution in [0.3, 0.4) is 0 Å². The van der Waals surface area contributed by atoms with Gasteiger partial charge >= 0.3 is 0 Å². The second-order valence-electron chi connectivity index (χ2n) is 4.47. The van der Waals surface area contributed by atoms with Gasteiger partial charge in [-0.3, -0.25) is 0 Å². The molecule has 1 rings (SSSR count). The number of hydrogen-bond donors (Lipinski definition) is 3. The van der Waals surface area contributed by atoms with E-state index < -0.39 is 16.1 Å². The zero-order valence-electron chi connectivity index (χ0n) is 12.4. The van der Waals surface area contributed by atoms with Crippen molar-refractivity contribution in [3.05, 3.63) is 18.2 Å². The number of sulfonamides is 1. The molecule has 0 spiro atoms. The summed E-state index contributed by atoms with van der Waals surface area (Å²) in [5.74, 6) is 0.822. The van der Waals surface area contributed by atoms with Crippen LogP contribution < -0.4 is 19.5 Å². The molecule has 1 aromatic carbocycles. The Balaban J connectivity index is 2.66. The van der Waals surface area contributed by atoms with E-state index in [1.165, 1.54) is 26.4 Å². The number of nitrogens with one attached hydrogen (secondary N) is 2. The second kappa shape index (κ2) is 8.18. The van der Waals surface area contributed by atoms with E-state index in [0.29, 0.717) is 24.6 Å². The van der Waals surface area contributed by atoms with Gasteiger partial charge in [-0.05, 0) is 19.1 Å². The fraction of sp³-hybridized carbons (Fsp3) is 0.538. The monoisotopic (exact) mass is 318 g/mol. The molecule has 1 aromatic rings. The maximum atomic E-state index is 12.1. The number of benzene rings is 1. The topological polar surface area (TPSA) is 96.9 Å². The molecule has 120 valence electrons. The van der Waals surface area contributed by atoms with Crippen LogP contribution in [0.1, 0.15) is 6.92 Å². The summed E-state index contributed by atoms with van der Waals surface area (Å²) in [5.41, 5.74) is 0. The van der Waals surface area contributed by atoms with E-state index in [1.54, 1.807) is 13.0 Å². The highest BCUT2D eigenvalue weighted by Gasteiger charge is 2.16. The van der Waals surface area contributed by atoms with Crippen LogP contribution in [0.15, 0.2) is 23.1 Å². The minimum absolute atomic E-state index is 0.107. The van der Waals surface area contributed by atoms with Crippen molar-refractivity contribution in [1.82, 2.24) is 10.0 Å². The van der Waals surface area contributed by atoms with Crippen molar-refractivity contribution in [1.29, 1.82) is 0 Å². The molecule has 0 aliphatic carbocycles. The Morgan fingerprint density at radius 2 is 1.86 bits per heavy atom. The van der Waals surface area contributed by atoms with E-state index in [2.05, 4.69) is 10.0 Å². The van der Waals surface area contributed by atoms with Gasteiger partial charge in [0.15, 0.2) is 11.5 Å². The highest BCUT2D eigenvalue weighted by atomic mass is 32.2. The van der Waals surface area contributed by atoms with E-state index in [9.17, 15) is 8.42 Å². The smallest absolute Gasteiger partial charge is 0.240 e. The Morgan fingerprint density at radius 1 is 1.19 bits per heavy atom. The molecule has 0 bridgehead atoms. The summed E-state index contributed by atoms with van der Waals surface area (Å²) in [5, 5.41) is 12.0. The van der Waals surface area contributed by atoms with Gasteiger partial charge in [0.2, 0.25) is 10.0 Å². The first-order chi connectivity index (χ1) is 9.90. The first-order valence-electron chi connectivity index (χ1n) is 6.51. The van der Waals surface area contributed by atoms with Gasteiger partial charge in [-0.15, -0.1) is 0 Å². The largest absolute Gasteiger partial charge is 0.493 e. The molecule has 0 fully saturated rings. The van der Waals surface area contributed by atoms with Crippen molar-refractivity contribution in [2.24, 2.45) is 0 Å². The fourth-order valence-corrected chi connectivity index (χ4v) is 2.70. The molecule has 7 nitrogen and oxygen atoms in total. The molecule has 0 aliphatic rings. The minimum atomic E-state index is -3.61. The predicted octanol–water partition coefficient (Wildman–Crippen LogP) is -0.0475. The van der Waals surface area contributed by atoms with Crippen molar-refractivity contribution in [3.8, 4) is 11.5 Å². The van der Waals surface area contributed by atoms with Crippen LogP contribution in [-0.4, -0.2) is 53.5 Å². The van der Waals surface area contributed by atoms with Crippen LogP contribution in [-0.2, 0) is 10.0 Å². The third kappa shape index (κ3) is 5.50. The van der Waals surface area contributed by atoms with Crippen LogP contribution in [0.5, 0.6) is 11.5 Å². The molecule has 0 saturated heterocycles. The van der Waals surface area contributed by atoms with Gasteiger partial charge < -0.3 is 19.9 Å². The van der Waals surface area contributed by atoms with Gasteiger partial charge in [0.05, 0.1) is 25.2 Å². The molecular formula is C13H22N2O5S. The standard InChI is InChI=1S/C13H22N2O5S/c1-10(16)9-14-6-7-15-21(17,18)11-4-5-12(19-2)13(8-11)20-3/h4-5,8,10,14-16H,6-7,9H2,1-3H3. The number of aliphatic hydroxyl groups is 1. The quantitative estimate of drug-likeness (QED) is 0.553. The third-order valence-corrected chi connectivity index (χ3v) is 4.16. The summed E-state index contributed by atoms with van der Waals surface area (Å²) in [6, 6.07) is 4.40. The molecule has 21 heavy (non-hydrogen) atoms. The Kier molecular flexibility index (Phi) is 6.90. The number of rotatable bonds is 9. The van der Waals surface area contributed by atoms with Crippen molar-refractivity contribution in [3.63, 3.8) is 0 Å². The lowest BCUT2D eigenvalue weighted by molar-refractivity contribution is 0.192. The second-order valence-corrected chi connectivity index (χ2v) is 6.23. The molecule has 0 aromatic heterocycles. The van der Waals surface area contributed by atoms with Crippen LogP contribution in [0, 0.1) is 0 Å². The average molecular weight is 318 g/mol. The van der Waals surface area contributed by atoms with E-state index in [4.69, 9.17) is 14.6 Å². The van der Waals surface area contributed by atoms with Crippen molar-refractivity contribution >= 4 is 10.0 Å². The van der Waals surface area contributed by atoms with Gasteiger partial charge in [-0.1, -0.05) is 0 Å². The first kappa shape index (κ1) is 17.7. The maximum absolute atomic E-state index is 12.1. The Morgan fingerprint density at radius 3 is 2.43 bits per heavy atom. The summed E-state index contributed by atoms with van der Waals surface area (Å²) in [4.78, 5) is 0.107. The minimum Gasteiger partial charge on any atom is -0.493 e. The van der Waals surface area contributed by atoms with Crippen molar-refractivity contribution in [2.75, 3.05) is 33.9 Å². The van der Waals surface area contributed by atoms with Crippen LogP contribution in [0.2, 0.25) is 0 Å². The molecule has 0 radical (unpaired) electrons. The lowest BCUT2D eigenvalue weighted by atomic mass is 10.3. The summed E-state index contributed by atoms with van der Waals surface area (Å²) < 4.78 is 36.8. The summed E-state index contributed by atoms with van der Waals surface area (Å²) in [7, 11) is -0.676. The lowest BCUT2D eigenvalue weighted by Crippen LogP contribution is -2.34. The zero-order valence-corrected chi connectivity index (χ0v) is 13.2. The molecule has 0 heterocycles. The van der Waals surface area contributed by atoms with E-state index in [1.807, 2.05) is 0 Å². The Labute approximate surface area is 125 Å². The maximum Gasteiger partial charge on any atom is 0.240 e. The van der Waals surface area contributed by atoms with Crippen LogP contribution in [0.25, 0.3) is 0 Å². The summed E-state index contributed by atoms with van der Waals surface area (Å²) in [6.45, 7) is 2.72. The summed E-state index contributed by atoms with van der Waals surface area (Å²) >= 11 is 0. The molecule has 8 heteroatoms. The van der Waals surface area contributed by atoms with E-state index in [0.717, 1.165) is 0 Å². The molecule has 0 saturated carbocycles.